The zero-order valence-corrected chi connectivity index (χ0v) is 9.62. The highest BCUT2D eigenvalue weighted by Gasteiger charge is 2.12. The molecule has 1 aromatic carbocycles. The number of halogens is 3. The van der Waals surface area contributed by atoms with Crippen LogP contribution in [0.1, 0.15) is 17.9 Å². The Morgan fingerprint density at radius 1 is 1.54 bits per heavy atom. The van der Waals surface area contributed by atoms with Gasteiger partial charge >= 0.3 is 0 Å². The molecule has 0 bridgehead atoms. The first-order chi connectivity index (χ1) is 6.06. The first-order valence-corrected chi connectivity index (χ1v) is 4.96. The van der Waals surface area contributed by atoms with Crippen LogP contribution in [0.15, 0.2) is 16.6 Å². The van der Waals surface area contributed by atoms with Crippen molar-refractivity contribution < 1.29 is 9.13 Å². The smallest absolute Gasteiger partial charge is 0.141 e. The van der Waals surface area contributed by atoms with E-state index < -0.39 is 0 Å². The third-order valence-electron chi connectivity index (χ3n) is 1.70. The van der Waals surface area contributed by atoms with Gasteiger partial charge in [0.1, 0.15) is 11.6 Å². The summed E-state index contributed by atoms with van der Waals surface area (Å²) < 4.78 is 18.4. The van der Waals surface area contributed by atoms with Gasteiger partial charge in [0.2, 0.25) is 0 Å². The minimum Gasteiger partial charge on any atom is -0.496 e. The van der Waals surface area contributed by atoms with Gasteiger partial charge in [-0.05, 0) is 28.9 Å². The second kappa shape index (κ2) is 4.29. The van der Waals surface area contributed by atoms with E-state index in [2.05, 4.69) is 15.9 Å². The highest BCUT2D eigenvalue weighted by atomic mass is 79.9. The molecule has 13 heavy (non-hydrogen) atoms. The van der Waals surface area contributed by atoms with E-state index in [1.807, 2.05) is 6.92 Å². The van der Waals surface area contributed by atoms with E-state index in [-0.39, 0.29) is 11.2 Å². The average Bonchev–Trinajstić information content (AvgIpc) is 2.08. The number of rotatable bonds is 2. The molecule has 0 heterocycles. The highest BCUT2D eigenvalue weighted by molar-refractivity contribution is 9.10. The van der Waals surface area contributed by atoms with Crippen LogP contribution in [0.5, 0.6) is 5.75 Å². The summed E-state index contributed by atoms with van der Waals surface area (Å²) in [5, 5.41) is -0.202. The lowest BCUT2D eigenvalue weighted by atomic mass is 10.1. The molecule has 1 aromatic rings. The molecule has 0 amide bonds. The minimum absolute atomic E-state index is 0.202. The second-order valence-corrected chi connectivity index (χ2v) is 4.13. The molecular weight excluding hydrogens is 258 g/mol. The maximum atomic E-state index is 13.0. The Bertz CT molecular complexity index is 315. The van der Waals surface area contributed by atoms with Gasteiger partial charge < -0.3 is 4.74 Å². The molecule has 0 spiro atoms. The van der Waals surface area contributed by atoms with Crippen LogP contribution in [0.2, 0.25) is 0 Å². The lowest BCUT2D eigenvalue weighted by Crippen LogP contribution is -1.94. The highest BCUT2D eigenvalue weighted by Crippen LogP contribution is 2.33. The number of benzene rings is 1. The summed E-state index contributed by atoms with van der Waals surface area (Å²) in [7, 11) is 1.49. The average molecular weight is 268 g/mol. The maximum Gasteiger partial charge on any atom is 0.141 e. The van der Waals surface area contributed by atoms with Gasteiger partial charge in [0, 0.05) is 11.6 Å². The summed E-state index contributed by atoms with van der Waals surface area (Å²) in [5.41, 5.74) is 0.775. The predicted octanol–water partition coefficient (Wildman–Crippen LogP) is 3.90. The van der Waals surface area contributed by atoms with Crippen molar-refractivity contribution in [1.82, 2.24) is 0 Å². The summed E-state index contributed by atoms with van der Waals surface area (Å²) in [6.07, 6.45) is 0. The monoisotopic (exact) mass is 266 g/mol. The Kier molecular flexibility index (Phi) is 3.56. The lowest BCUT2D eigenvalue weighted by molar-refractivity contribution is 0.406. The van der Waals surface area contributed by atoms with E-state index in [1.165, 1.54) is 13.2 Å². The van der Waals surface area contributed by atoms with Gasteiger partial charge in [-0.1, -0.05) is 0 Å². The topological polar surface area (TPSA) is 9.23 Å². The molecule has 0 aromatic heterocycles. The number of hydrogen-bond acceptors (Lipinski definition) is 1. The Hall–Kier alpha value is -0.280. The molecule has 72 valence electrons. The minimum atomic E-state index is -0.349. The van der Waals surface area contributed by atoms with E-state index in [1.54, 1.807) is 6.07 Å². The summed E-state index contributed by atoms with van der Waals surface area (Å²) >= 11 is 8.98. The van der Waals surface area contributed by atoms with Crippen LogP contribution in [0, 0.1) is 5.82 Å². The Labute approximate surface area is 90.0 Å². The van der Waals surface area contributed by atoms with Crippen molar-refractivity contribution in [3.8, 4) is 5.75 Å². The van der Waals surface area contributed by atoms with E-state index in [0.29, 0.717) is 10.2 Å². The molecule has 0 saturated carbocycles. The molecule has 0 fully saturated rings. The molecule has 0 radical (unpaired) electrons. The van der Waals surface area contributed by atoms with Gasteiger partial charge in [0.25, 0.3) is 0 Å². The van der Waals surface area contributed by atoms with Crippen LogP contribution < -0.4 is 4.74 Å². The molecule has 4 heteroatoms. The van der Waals surface area contributed by atoms with Gasteiger partial charge in [-0.25, -0.2) is 4.39 Å². The Morgan fingerprint density at radius 3 is 2.62 bits per heavy atom. The second-order valence-electron chi connectivity index (χ2n) is 2.62. The molecule has 0 saturated heterocycles. The number of hydrogen-bond donors (Lipinski definition) is 0. The van der Waals surface area contributed by atoms with E-state index in [0.717, 1.165) is 5.56 Å². The summed E-state index contributed by atoms with van der Waals surface area (Å²) in [4.78, 5) is 0. The van der Waals surface area contributed by atoms with E-state index >= 15 is 0 Å². The molecule has 0 aliphatic rings. The number of methoxy groups -OCH3 is 1. The summed E-state index contributed by atoms with van der Waals surface area (Å²) in [6, 6.07) is 2.95. The molecule has 1 atom stereocenters. The fourth-order valence-electron chi connectivity index (χ4n) is 1.03. The summed E-state index contributed by atoms with van der Waals surface area (Å²) in [5.74, 6) is 0.126. The van der Waals surface area contributed by atoms with Gasteiger partial charge in [0.15, 0.2) is 0 Å². The third-order valence-corrected chi connectivity index (χ3v) is 2.54. The molecule has 1 rings (SSSR count). The van der Waals surface area contributed by atoms with Crippen molar-refractivity contribution in [1.29, 1.82) is 0 Å². The zero-order chi connectivity index (χ0) is 10.0. The standard InChI is InChI=1S/C9H9BrClFO/c1-5(11)6-3-7(10)8(12)4-9(6)13-2/h3-5H,1-2H3. The number of ether oxygens (including phenoxy) is 1. The fraction of sp³-hybridized carbons (Fsp3) is 0.333. The maximum absolute atomic E-state index is 13.0. The lowest BCUT2D eigenvalue weighted by Gasteiger charge is -2.10. The van der Waals surface area contributed by atoms with E-state index in [9.17, 15) is 4.39 Å². The Morgan fingerprint density at radius 2 is 2.15 bits per heavy atom. The van der Waals surface area contributed by atoms with Crippen LogP contribution in [-0.4, -0.2) is 7.11 Å². The van der Waals surface area contributed by atoms with Crippen LogP contribution in [-0.2, 0) is 0 Å². The molecule has 0 aliphatic carbocycles. The molecule has 0 aliphatic heterocycles. The molecular formula is C9H9BrClFO. The summed E-state index contributed by atoms with van der Waals surface area (Å²) in [6.45, 7) is 1.81. The van der Waals surface area contributed by atoms with Crippen molar-refractivity contribution in [3.63, 3.8) is 0 Å². The molecule has 1 unspecified atom stereocenters. The van der Waals surface area contributed by atoms with Crippen LogP contribution in [0.25, 0.3) is 0 Å². The van der Waals surface area contributed by atoms with Gasteiger partial charge in [0.05, 0.1) is 17.0 Å². The SMILES string of the molecule is COc1cc(F)c(Br)cc1C(C)Cl. The van der Waals surface area contributed by atoms with Crippen LogP contribution >= 0.6 is 27.5 Å². The fourth-order valence-corrected chi connectivity index (χ4v) is 1.56. The van der Waals surface area contributed by atoms with Crippen molar-refractivity contribution >= 4 is 27.5 Å². The first-order valence-electron chi connectivity index (χ1n) is 3.73. The van der Waals surface area contributed by atoms with Crippen molar-refractivity contribution in [2.75, 3.05) is 7.11 Å². The number of alkyl halides is 1. The van der Waals surface area contributed by atoms with Crippen LogP contribution in [0.3, 0.4) is 0 Å². The van der Waals surface area contributed by atoms with Gasteiger partial charge in [-0.2, -0.15) is 0 Å². The van der Waals surface area contributed by atoms with Crippen molar-refractivity contribution in [2.45, 2.75) is 12.3 Å². The normalized spacial score (nSPS) is 12.7. The van der Waals surface area contributed by atoms with Crippen LogP contribution in [0.4, 0.5) is 4.39 Å². The zero-order valence-electron chi connectivity index (χ0n) is 7.27. The quantitative estimate of drug-likeness (QED) is 0.739. The third kappa shape index (κ3) is 2.35. The van der Waals surface area contributed by atoms with Crippen molar-refractivity contribution in [3.05, 3.63) is 28.0 Å². The molecule has 1 nitrogen and oxygen atoms in total. The largest absolute Gasteiger partial charge is 0.496 e. The van der Waals surface area contributed by atoms with E-state index in [4.69, 9.17) is 16.3 Å². The Balaban J connectivity index is 3.25. The van der Waals surface area contributed by atoms with Gasteiger partial charge in [-0.15, -0.1) is 11.6 Å². The first kappa shape index (κ1) is 10.8. The molecule has 0 N–H and O–H groups in total. The van der Waals surface area contributed by atoms with Crippen molar-refractivity contribution in [2.24, 2.45) is 0 Å². The van der Waals surface area contributed by atoms with Gasteiger partial charge in [-0.3, -0.25) is 0 Å². The predicted molar refractivity (Wildman–Crippen MR) is 54.9 cm³/mol.